The van der Waals surface area contributed by atoms with Gasteiger partial charge in [0.15, 0.2) is 5.65 Å². The molecule has 0 amide bonds. The molecule has 0 atom stereocenters. The molecule has 37 heavy (non-hydrogen) atoms. The molecule has 0 aliphatic carbocycles. The Morgan fingerprint density at radius 1 is 1.16 bits per heavy atom. The van der Waals surface area contributed by atoms with Gasteiger partial charge < -0.3 is 10.6 Å². The fourth-order valence-corrected chi connectivity index (χ4v) is 4.44. The van der Waals surface area contributed by atoms with E-state index in [-0.39, 0.29) is 22.7 Å². The van der Waals surface area contributed by atoms with Crippen molar-refractivity contribution in [3.63, 3.8) is 0 Å². The lowest BCUT2D eigenvalue weighted by molar-refractivity contribution is -0.144. The van der Waals surface area contributed by atoms with Crippen LogP contribution in [0.1, 0.15) is 30.5 Å². The Hall–Kier alpha value is -4.17. The molecule has 0 radical (unpaired) electrons. The standard InChI is InChI=1S/C26H24F3N7O/c1-25(2,14-30)18-4-3-5-20(11-18)36-22-21(23(37)35(36)15-26(27,28)29)13-32-24(34-22)33-19-7-6-16-8-9-31-12-17(16)10-19/h3-7,10-11,13,31H,8-9,12,15H2,1-2H3,(H,32,33,34). The average Bonchev–Trinajstić information content (AvgIpc) is 3.13. The van der Waals surface area contributed by atoms with Crippen LogP contribution in [-0.4, -0.2) is 32.1 Å². The highest BCUT2D eigenvalue weighted by Gasteiger charge is 2.32. The summed E-state index contributed by atoms with van der Waals surface area (Å²) >= 11 is 0. The Kier molecular flexibility index (Phi) is 6.00. The predicted octanol–water partition coefficient (Wildman–Crippen LogP) is 4.33. The summed E-state index contributed by atoms with van der Waals surface area (Å²) in [6.45, 7) is 3.56. The number of nitrogens with zero attached hydrogens (tertiary/aromatic N) is 5. The van der Waals surface area contributed by atoms with Crippen LogP contribution in [0.2, 0.25) is 0 Å². The van der Waals surface area contributed by atoms with Gasteiger partial charge in [-0.05, 0) is 67.8 Å². The minimum atomic E-state index is -4.65. The van der Waals surface area contributed by atoms with Gasteiger partial charge in [0.25, 0.3) is 5.56 Å². The maximum Gasteiger partial charge on any atom is 0.408 e. The molecule has 2 aromatic heterocycles. The molecule has 0 fully saturated rings. The maximum absolute atomic E-state index is 13.5. The van der Waals surface area contributed by atoms with Crippen molar-refractivity contribution in [2.45, 2.75) is 44.9 Å². The van der Waals surface area contributed by atoms with E-state index in [4.69, 9.17) is 0 Å². The number of nitriles is 1. The minimum Gasteiger partial charge on any atom is -0.324 e. The number of halogens is 3. The highest BCUT2D eigenvalue weighted by atomic mass is 19.4. The van der Waals surface area contributed by atoms with E-state index in [0.717, 1.165) is 35.4 Å². The minimum absolute atomic E-state index is 0.0262. The van der Waals surface area contributed by atoms with E-state index in [1.54, 1.807) is 38.1 Å². The Balaban J connectivity index is 1.65. The average molecular weight is 508 g/mol. The molecule has 0 spiro atoms. The smallest absolute Gasteiger partial charge is 0.324 e. The molecule has 8 nitrogen and oxygen atoms in total. The number of rotatable bonds is 5. The second-order valence-electron chi connectivity index (χ2n) is 9.54. The first kappa shape index (κ1) is 24.5. The Morgan fingerprint density at radius 2 is 1.97 bits per heavy atom. The van der Waals surface area contributed by atoms with Crippen LogP contribution in [0.15, 0.2) is 53.5 Å². The molecule has 2 N–H and O–H groups in total. The number of nitrogens with one attached hydrogen (secondary N) is 2. The van der Waals surface area contributed by atoms with Crippen molar-refractivity contribution in [3.8, 4) is 11.8 Å². The lowest BCUT2D eigenvalue weighted by Crippen LogP contribution is -2.30. The summed E-state index contributed by atoms with van der Waals surface area (Å²) < 4.78 is 42.3. The molecule has 11 heteroatoms. The Bertz CT molecular complexity index is 1590. The first-order valence-electron chi connectivity index (χ1n) is 11.7. The molecule has 0 unspecified atom stereocenters. The zero-order valence-corrected chi connectivity index (χ0v) is 20.2. The summed E-state index contributed by atoms with van der Waals surface area (Å²) in [6, 6.07) is 14.6. The van der Waals surface area contributed by atoms with Crippen LogP contribution in [0.5, 0.6) is 0 Å². The van der Waals surface area contributed by atoms with E-state index in [9.17, 15) is 23.2 Å². The first-order chi connectivity index (χ1) is 17.6. The van der Waals surface area contributed by atoms with Gasteiger partial charge in [0, 0.05) is 18.4 Å². The van der Waals surface area contributed by atoms with Gasteiger partial charge in [0.05, 0.1) is 17.2 Å². The topological polar surface area (TPSA) is 101 Å². The third-order valence-electron chi connectivity index (χ3n) is 6.45. The number of benzene rings is 2. The molecule has 190 valence electrons. The molecule has 4 aromatic rings. The molecule has 0 bridgehead atoms. The van der Waals surface area contributed by atoms with Crippen LogP contribution < -0.4 is 16.2 Å². The molecule has 5 rings (SSSR count). The number of hydrogen-bond acceptors (Lipinski definition) is 6. The molecule has 1 aliphatic heterocycles. The molecular formula is C26H24F3N7O. The fraction of sp³-hybridized carbons (Fsp3) is 0.308. The van der Waals surface area contributed by atoms with Crippen molar-refractivity contribution >= 4 is 22.7 Å². The molecule has 3 heterocycles. The normalized spacial score (nSPS) is 13.8. The van der Waals surface area contributed by atoms with E-state index in [0.29, 0.717) is 10.2 Å². The lowest BCUT2D eigenvalue weighted by Gasteiger charge is -2.19. The van der Waals surface area contributed by atoms with Gasteiger partial charge in [0.1, 0.15) is 11.9 Å². The monoisotopic (exact) mass is 507 g/mol. The molecule has 2 aromatic carbocycles. The highest BCUT2D eigenvalue weighted by Crippen LogP contribution is 2.27. The number of anilines is 2. The number of aromatic nitrogens is 4. The summed E-state index contributed by atoms with van der Waals surface area (Å²) in [5.74, 6) is 0.141. The Morgan fingerprint density at radius 3 is 2.73 bits per heavy atom. The zero-order valence-electron chi connectivity index (χ0n) is 20.2. The van der Waals surface area contributed by atoms with E-state index in [2.05, 4.69) is 26.7 Å². The Labute approximate surface area is 210 Å². The van der Waals surface area contributed by atoms with E-state index < -0.39 is 23.7 Å². The molecule has 0 saturated heterocycles. The maximum atomic E-state index is 13.5. The van der Waals surface area contributed by atoms with Gasteiger partial charge in [-0.3, -0.25) is 4.79 Å². The number of alkyl halides is 3. The van der Waals surface area contributed by atoms with Crippen LogP contribution in [0, 0.1) is 11.3 Å². The van der Waals surface area contributed by atoms with Crippen LogP contribution in [0.4, 0.5) is 24.8 Å². The number of hydrogen-bond donors (Lipinski definition) is 2. The SMILES string of the molecule is CC(C)(C#N)c1cccc(-n2c3nc(Nc4ccc5c(c4)CNCC5)ncc3c(=O)n2CC(F)(F)F)c1. The van der Waals surface area contributed by atoms with Gasteiger partial charge in [-0.15, -0.1) is 0 Å². The van der Waals surface area contributed by atoms with Crippen molar-refractivity contribution < 1.29 is 13.2 Å². The molecular weight excluding hydrogens is 483 g/mol. The summed E-state index contributed by atoms with van der Waals surface area (Å²) in [5, 5.41) is 15.9. The first-order valence-corrected chi connectivity index (χ1v) is 11.7. The quantitative estimate of drug-likeness (QED) is 0.417. The molecule has 0 saturated carbocycles. The summed E-state index contributed by atoms with van der Waals surface area (Å²) in [7, 11) is 0. The van der Waals surface area contributed by atoms with Gasteiger partial charge in [-0.2, -0.15) is 23.4 Å². The lowest BCUT2D eigenvalue weighted by atomic mass is 9.86. The van der Waals surface area contributed by atoms with E-state index in [1.165, 1.54) is 11.8 Å². The number of fused-ring (bicyclic) bond motifs is 2. The van der Waals surface area contributed by atoms with Crippen molar-refractivity contribution in [3.05, 3.63) is 75.7 Å². The summed E-state index contributed by atoms with van der Waals surface area (Å²) in [5.41, 5.74) is 2.26. The molecule has 1 aliphatic rings. The van der Waals surface area contributed by atoms with Gasteiger partial charge in [0.2, 0.25) is 5.95 Å². The van der Waals surface area contributed by atoms with Crippen molar-refractivity contribution in [1.82, 2.24) is 24.6 Å². The van der Waals surface area contributed by atoms with Crippen LogP contribution in [-0.2, 0) is 24.9 Å². The van der Waals surface area contributed by atoms with Crippen LogP contribution in [0.25, 0.3) is 16.7 Å². The largest absolute Gasteiger partial charge is 0.408 e. The van der Waals surface area contributed by atoms with Gasteiger partial charge >= 0.3 is 6.18 Å². The third-order valence-corrected chi connectivity index (χ3v) is 6.45. The zero-order chi connectivity index (χ0) is 26.4. The second kappa shape index (κ2) is 9.05. The summed E-state index contributed by atoms with van der Waals surface area (Å²) in [6.07, 6.45) is -2.48. The van der Waals surface area contributed by atoms with E-state index in [1.807, 2.05) is 18.2 Å². The summed E-state index contributed by atoms with van der Waals surface area (Å²) in [4.78, 5) is 21.7. The fourth-order valence-electron chi connectivity index (χ4n) is 4.44. The highest BCUT2D eigenvalue weighted by molar-refractivity contribution is 5.77. The van der Waals surface area contributed by atoms with Crippen LogP contribution in [0.3, 0.4) is 0 Å². The van der Waals surface area contributed by atoms with Crippen molar-refractivity contribution in [1.29, 1.82) is 5.26 Å². The van der Waals surface area contributed by atoms with Crippen molar-refractivity contribution in [2.24, 2.45) is 0 Å². The second-order valence-corrected chi connectivity index (χ2v) is 9.54. The van der Waals surface area contributed by atoms with E-state index >= 15 is 0 Å². The van der Waals surface area contributed by atoms with Crippen molar-refractivity contribution in [2.75, 3.05) is 11.9 Å². The van der Waals surface area contributed by atoms with Crippen LogP contribution >= 0.6 is 0 Å². The van der Waals surface area contributed by atoms with Gasteiger partial charge in [-0.1, -0.05) is 18.2 Å². The third kappa shape index (κ3) is 4.80. The van der Waals surface area contributed by atoms with Gasteiger partial charge in [-0.25, -0.2) is 14.3 Å². The predicted molar refractivity (Wildman–Crippen MR) is 133 cm³/mol.